The summed E-state index contributed by atoms with van der Waals surface area (Å²) < 4.78 is 37.7. The number of sulfonamides is 1. The minimum absolute atomic E-state index is 0.00369. The van der Waals surface area contributed by atoms with Gasteiger partial charge in [-0.15, -0.1) is 0 Å². The summed E-state index contributed by atoms with van der Waals surface area (Å²) in [5, 5.41) is 11.1. The second kappa shape index (κ2) is 8.75. The van der Waals surface area contributed by atoms with Crippen molar-refractivity contribution in [2.24, 2.45) is 0 Å². The van der Waals surface area contributed by atoms with Crippen LogP contribution in [0.1, 0.15) is 18.1 Å². The second-order valence-electron chi connectivity index (χ2n) is 5.32. The van der Waals surface area contributed by atoms with Crippen molar-refractivity contribution in [2.45, 2.75) is 25.0 Å². The van der Waals surface area contributed by atoms with Crippen LogP contribution in [-0.4, -0.2) is 27.1 Å². The van der Waals surface area contributed by atoms with E-state index >= 15 is 0 Å². The van der Waals surface area contributed by atoms with Gasteiger partial charge in [0.15, 0.2) is 5.75 Å². The summed E-state index contributed by atoms with van der Waals surface area (Å²) >= 11 is 0. The number of ether oxygens (including phenoxy) is 2. The van der Waals surface area contributed by atoms with Crippen LogP contribution in [0.4, 0.5) is 5.69 Å². The lowest BCUT2D eigenvalue weighted by Gasteiger charge is -2.11. The molecule has 0 atom stereocenters. The van der Waals surface area contributed by atoms with Crippen molar-refractivity contribution in [2.75, 3.05) is 13.7 Å². The highest BCUT2D eigenvalue weighted by Crippen LogP contribution is 2.29. The third-order valence-corrected chi connectivity index (χ3v) is 5.09. The molecule has 2 aromatic rings. The van der Waals surface area contributed by atoms with E-state index < -0.39 is 20.6 Å². The van der Waals surface area contributed by atoms with E-state index in [9.17, 15) is 18.5 Å². The Morgan fingerprint density at radius 1 is 1.15 bits per heavy atom. The first-order chi connectivity index (χ1) is 12.4. The van der Waals surface area contributed by atoms with E-state index in [0.717, 1.165) is 17.2 Å². The summed E-state index contributed by atoms with van der Waals surface area (Å²) in [5.41, 5.74) is 1.23. The highest BCUT2D eigenvalue weighted by Gasteiger charge is 2.22. The van der Waals surface area contributed by atoms with Gasteiger partial charge in [0.2, 0.25) is 10.0 Å². The third kappa shape index (κ3) is 4.78. The topological polar surface area (TPSA) is 108 Å². The average molecular weight is 380 g/mol. The maximum absolute atomic E-state index is 12.5. The van der Waals surface area contributed by atoms with E-state index in [1.807, 2.05) is 19.1 Å². The molecule has 2 rings (SSSR count). The summed E-state index contributed by atoms with van der Waals surface area (Å²) in [4.78, 5) is 10.2. The molecule has 1 N–H and O–H groups in total. The SMILES string of the molecule is CCOCc1ccccc1CNS(=O)(=O)c1ccc(OC)c([N+](=O)[O-])c1. The zero-order valence-corrected chi connectivity index (χ0v) is 15.3. The van der Waals surface area contributed by atoms with Gasteiger partial charge in [-0.25, -0.2) is 13.1 Å². The van der Waals surface area contributed by atoms with Gasteiger partial charge in [0.25, 0.3) is 0 Å². The van der Waals surface area contributed by atoms with Crippen LogP contribution in [0.5, 0.6) is 5.75 Å². The molecule has 0 aromatic heterocycles. The highest BCUT2D eigenvalue weighted by atomic mass is 32.2. The Labute approximate surface area is 152 Å². The first kappa shape index (κ1) is 19.8. The van der Waals surface area contributed by atoms with Crippen LogP contribution in [0.15, 0.2) is 47.4 Å². The van der Waals surface area contributed by atoms with Gasteiger partial charge in [-0.2, -0.15) is 0 Å². The van der Waals surface area contributed by atoms with Gasteiger partial charge in [-0.05, 0) is 30.2 Å². The van der Waals surface area contributed by atoms with E-state index in [2.05, 4.69) is 4.72 Å². The van der Waals surface area contributed by atoms with Crippen LogP contribution in [-0.2, 0) is 27.9 Å². The first-order valence-electron chi connectivity index (χ1n) is 7.85. The Hall–Kier alpha value is -2.49. The van der Waals surface area contributed by atoms with Crippen LogP contribution in [0.2, 0.25) is 0 Å². The number of nitro groups is 1. The number of nitro benzene ring substituents is 1. The Balaban J connectivity index is 2.22. The van der Waals surface area contributed by atoms with Crippen molar-refractivity contribution in [1.29, 1.82) is 0 Å². The molecule has 9 heteroatoms. The maximum Gasteiger partial charge on any atom is 0.312 e. The Kier molecular flexibility index (Phi) is 6.67. The molecule has 2 aromatic carbocycles. The lowest BCUT2D eigenvalue weighted by atomic mass is 10.1. The van der Waals surface area contributed by atoms with Gasteiger partial charge in [-0.1, -0.05) is 24.3 Å². The molecule has 0 heterocycles. The van der Waals surface area contributed by atoms with Gasteiger partial charge in [0, 0.05) is 19.2 Å². The third-order valence-electron chi connectivity index (χ3n) is 3.69. The van der Waals surface area contributed by atoms with Crippen molar-refractivity contribution < 1.29 is 22.8 Å². The number of methoxy groups -OCH3 is 1. The Morgan fingerprint density at radius 2 is 1.85 bits per heavy atom. The molecule has 0 bridgehead atoms. The summed E-state index contributed by atoms with van der Waals surface area (Å²) in [6, 6.07) is 10.8. The molecular weight excluding hydrogens is 360 g/mol. The minimum atomic E-state index is -3.93. The molecule has 0 amide bonds. The van der Waals surface area contributed by atoms with Gasteiger partial charge >= 0.3 is 5.69 Å². The van der Waals surface area contributed by atoms with E-state index in [1.54, 1.807) is 12.1 Å². The smallest absolute Gasteiger partial charge is 0.312 e. The fraction of sp³-hybridized carbons (Fsp3) is 0.294. The molecule has 0 fully saturated rings. The maximum atomic E-state index is 12.5. The molecule has 0 aliphatic rings. The first-order valence-corrected chi connectivity index (χ1v) is 9.34. The standard InChI is InChI=1S/C17H20N2O6S/c1-3-25-12-14-7-5-4-6-13(14)11-18-26(22,23)15-8-9-17(24-2)16(10-15)19(20)21/h4-10,18H,3,11-12H2,1-2H3. The molecule has 0 saturated heterocycles. The number of hydrogen-bond donors (Lipinski definition) is 1. The zero-order valence-electron chi connectivity index (χ0n) is 14.5. The number of benzene rings is 2. The van der Waals surface area contributed by atoms with E-state index in [-0.39, 0.29) is 17.2 Å². The van der Waals surface area contributed by atoms with Crippen LogP contribution < -0.4 is 9.46 Å². The predicted molar refractivity (Wildman–Crippen MR) is 95.4 cm³/mol. The fourth-order valence-corrected chi connectivity index (χ4v) is 3.34. The molecule has 0 unspecified atom stereocenters. The summed E-state index contributed by atoms with van der Waals surface area (Å²) in [6.07, 6.45) is 0. The summed E-state index contributed by atoms with van der Waals surface area (Å²) in [5.74, 6) is -0.00369. The van der Waals surface area contributed by atoms with Gasteiger partial charge in [-0.3, -0.25) is 10.1 Å². The van der Waals surface area contributed by atoms with E-state index in [4.69, 9.17) is 9.47 Å². The van der Waals surface area contributed by atoms with Crippen molar-refractivity contribution in [3.8, 4) is 5.75 Å². The molecule has 26 heavy (non-hydrogen) atoms. The molecule has 140 valence electrons. The summed E-state index contributed by atoms with van der Waals surface area (Å²) in [7, 11) is -2.65. The van der Waals surface area contributed by atoms with Crippen LogP contribution >= 0.6 is 0 Å². The van der Waals surface area contributed by atoms with Gasteiger partial charge in [0.1, 0.15) is 0 Å². The molecule has 0 aliphatic carbocycles. The number of rotatable bonds is 9. The normalized spacial score (nSPS) is 11.3. The minimum Gasteiger partial charge on any atom is -0.490 e. The van der Waals surface area contributed by atoms with Crippen molar-refractivity contribution in [1.82, 2.24) is 4.72 Å². The lowest BCUT2D eigenvalue weighted by Crippen LogP contribution is -2.24. The van der Waals surface area contributed by atoms with Gasteiger partial charge < -0.3 is 9.47 Å². The number of hydrogen-bond acceptors (Lipinski definition) is 6. The fourth-order valence-electron chi connectivity index (χ4n) is 2.32. The molecule has 0 saturated carbocycles. The van der Waals surface area contributed by atoms with Crippen LogP contribution in [0, 0.1) is 10.1 Å². The number of nitrogens with one attached hydrogen (secondary N) is 1. The summed E-state index contributed by atoms with van der Waals surface area (Å²) in [6.45, 7) is 2.85. The highest BCUT2D eigenvalue weighted by molar-refractivity contribution is 7.89. The Morgan fingerprint density at radius 3 is 2.46 bits per heavy atom. The second-order valence-corrected chi connectivity index (χ2v) is 7.09. The van der Waals surface area contributed by atoms with Gasteiger partial charge in [0.05, 0.1) is 23.5 Å². The Bertz CT molecular complexity index is 883. The molecule has 0 aliphatic heterocycles. The molecule has 0 spiro atoms. The lowest BCUT2D eigenvalue weighted by molar-refractivity contribution is -0.386. The quantitative estimate of drug-likeness (QED) is 0.529. The monoisotopic (exact) mass is 380 g/mol. The molecule has 0 radical (unpaired) electrons. The van der Waals surface area contributed by atoms with Crippen LogP contribution in [0.3, 0.4) is 0 Å². The molecule has 8 nitrogen and oxygen atoms in total. The molecular formula is C17H20N2O6S. The van der Waals surface area contributed by atoms with E-state index in [0.29, 0.717) is 13.2 Å². The number of nitrogens with zero attached hydrogens (tertiary/aromatic N) is 1. The van der Waals surface area contributed by atoms with E-state index in [1.165, 1.54) is 19.2 Å². The predicted octanol–water partition coefficient (Wildman–Crippen LogP) is 2.62. The van der Waals surface area contributed by atoms with Crippen molar-refractivity contribution in [3.05, 3.63) is 63.7 Å². The average Bonchev–Trinajstić information content (AvgIpc) is 2.64. The van der Waals surface area contributed by atoms with Crippen molar-refractivity contribution >= 4 is 15.7 Å². The van der Waals surface area contributed by atoms with Crippen LogP contribution in [0.25, 0.3) is 0 Å². The van der Waals surface area contributed by atoms with Crippen molar-refractivity contribution in [3.63, 3.8) is 0 Å². The largest absolute Gasteiger partial charge is 0.490 e. The zero-order chi connectivity index (χ0) is 19.2.